The Morgan fingerprint density at radius 1 is 0.889 bits per heavy atom. The van der Waals surface area contributed by atoms with Gasteiger partial charge in [0.1, 0.15) is 5.69 Å². The van der Waals surface area contributed by atoms with Crippen molar-refractivity contribution in [3.63, 3.8) is 0 Å². The van der Waals surface area contributed by atoms with E-state index in [4.69, 9.17) is 0 Å². The number of carbonyl (C=O) groups excluding carboxylic acids is 3. The van der Waals surface area contributed by atoms with Crippen molar-refractivity contribution >= 4 is 34.9 Å². The van der Waals surface area contributed by atoms with E-state index in [1.54, 1.807) is 17.0 Å². The van der Waals surface area contributed by atoms with Crippen LogP contribution in [0.2, 0.25) is 0 Å². The highest BCUT2D eigenvalue weighted by Crippen LogP contribution is 2.32. The number of amides is 3. The standard InChI is InChI=1S/C28H22N4O3S/c33-26(29-16-17-31-27(34)24(36-28(31)35)18-20-10-4-1-5-11-20)23-19-32(22-14-8-3-9-15-22)30-25(23)21-12-6-2-7-13-21/h1-15,18-19H,16-17H2,(H,29,33). The molecule has 0 bridgehead atoms. The number of benzene rings is 3. The second-order valence-electron chi connectivity index (χ2n) is 8.04. The molecule has 5 rings (SSSR count). The Labute approximate surface area is 212 Å². The molecule has 3 amide bonds. The molecule has 178 valence electrons. The topological polar surface area (TPSA) is 84.3 Å². The maximum atomic E-state index is 13.2. The average Bonchev–Trinajstić information content (AvgIpc) is 3.48. The van der Waals surface area contributed by atoms with E-state index in [1.165, 1.54) is 0 Å². The summed E-state index contributed by atoms with van der Waals surface area (Å²) >= 11 is 0.905. The third-order valence-corrected chi connectivity index (χ3v) is 6.53. The number of hydrogen-bond acceptors (Lipinski definition) is 5. The lowest BCUT2D eigenvalue weighted by atomic mass is 10.1. The molecule has 1 fully saturated rings. The zero-order valence-electron chi connectivity index (χ0n) is 19.2. The third-order valence-electron chi connectivity index (χ3n) is 5.62. The van der Waals surface area contributed by atoms with Gasteiger partial charge in [-0.15, -0.1) is 0 Å². The fourth-order valence-electron chi connectivity index (χ4n) is 3.83. The fourth-order valence-corrected chi connectivity index (χ4v) is 4.70. The SMILES string of the molecule is O=C(NCCN1C(=O)SC(=Cc2ccccc2)C1=O)c1cn(-c2ccccc2)nc1-c1ccccc1. The lowest BCUT2D eigenvalue weighted by molar-refractivity contribution is -0.122. The normalized spacial score (nSPS) is 14.4. The molecule has 0 radical (unpaired) electrons. The van der Waals surface area contributed by atoms with Crippen molar-refractivity contribution in [2.45, 2.75) is 0 Å². The van der Waals surface area contributed by atoms with E-state index in [2.05, 4.69) is 10.4 Å². The first kappa shape index (κ1) is 23.3. The minimum atomic E-state index is -0.357. The molecule has 3 aromatic carbocycles. The predicted molar refractivity (Wildman–Crippen MR) is 140 cm³/mol. The summed E-state index contributed by atoms with van der Waals surface area (Å²) < 4.78 is 1.67. The number of carbonyl (C=O) groups is 3. The lowest BCUT2D eigenvalue weighted by Crippen LogP contribution is -2.37. The van der Waals surface area contributed by atoms with Crippen LogP contribution >= 0.6 is 11.8 Å². The summed E-state index contributed by atoms with van der Waals surface area (Å²) in [5, 5.41) is 7.15. The zero-order chi connectivity index (χ0) is 24.9. The van der Waals surface area contributed by atoms with Crippen LogP contribution in [0.5, 0.6) is 0 Å². The molecule has 8 heteroatoms. The van der Waals surface area contributed by atoms with Crippen molar-refractivity contribution in [1.29, 1.82) is 0 Å². The molecular formula is C28H22N4O3S. The second-order valence-corrected chi connectivity index (χ2v) is 9.03. The van der Waals surface area contributed by atoms with E-state index in [-0.39, 0.29) is 30.1 Å². The largest absolute Gasteiger partial charge is 0.350 e. The number of imide groups is 1. The van der Waals surface area contributed by atoms with Gasteiger partial charge in [-0.2, -0.15) is 5.10 Å². The van der Waals surface area contributed by atoms with Gasteiger partial charge in [0.25, 0.3) is 17.1 Å². The highest BCUT2D eigenvalue weighted by molar-refractivity contribution is 8.18. The van der Waals surface area contributed by atoms with Crippen molar-refractivity contribution < 1.29 is 14.4 Å². The van der Waals surface area contributed by atoms with Crippen molar-refractivity contribution in [3.8, 4) is 16.9 Å². The number of nitrogens with zero attached hydrogens (tertiary/aromatic N) is 3. The molecule has 0 aliphatic carbocycles. The van der Waals surface area contributed by atoms with Crippen LogP contribution < -0.4 is 5.32 Å². The van der Waals surface area contributed by atoms with E-state index in [0.29, 0.717) is 16.2 Å². The third kappa shape index (κ3) is 4.99. The van der Waals surface area contributed by atoms with Gasteiger partial charge in [0.15, 0.2) is 0 Å². The van der Waals surface area contributed by atoms with Crippen molar-refractivity contribution in [1.82, 2.24) is 20.0 Å². The summed E-state index contributed by atoms with van der Waals surface area (Å²) in [6.07, 6.45) is 3.39. The molecule has 1 N–H and O–H groups in total. The molecular weight excluding hydrogens is 472 g/mol. The van der Waals surface area contributed by atoms with E-state index < -0.39 is 0 Å². The van der Waals surface area contributed by atoms with Crippen molar-refractivity contribution in [2.24, 2.45) is 0 Å². The van der Waals surface area contributed by atoms with Crippen LogP contribution in [0.3, 0.4) is 0 Å². The van der Waals surface area contributed by atoms with Gasteiger partial charge in [-0.1, -0.05) is 78.9 Å². The van der Waals surface area contributed by atoms with Gasteiger partial charge in [-0.3, -0.25) is 19.3 Å². The van der Waals surface area contributed by atoms with Crippen LogP contribution in [-0.4, -0.2) is 44.8 Å². The molecule has 0 unspecified atom stereocenters. The lowest BCUT2D eigenvalue weighted by Gasteiger charge is -2.13. The van der Waals surface area contributed by atoms with E-state index in [0.717, 1.165) is 33.5 Å². The zero-order valence-corrected chi connectivity index (χ0v) is 20.0. The Morgan fingerprint density at radius 2 is 1.53 bits per heavy atom. The number of para-hydroxylation sites is 1. The van der Waals surface area contributed by atoms with Crippen molar-refractivity contribution in [3.05, 3.63) is 113 Å². The molecule has 36 heavy (non-hydrogen) atoms. The van der Waals surface area contributed by atoms with Gasteiger partial charge in [-0.05, 0) is 35.5 Å². The summed E-state index contributed by atoms with van der Waals surface area (Å²) in [4.78, 5) is 39.9. The molecule has 1 saturated heterocycles. The van der Waals surface area contributed by atoms with Crippen molar-refractivity contribution in [2.75, 3.05) is 13.1 Å². The van der Waals surface area contributed by atoms with Gasteiger partial charge in [0.05, 0.1) is 16.2 Å². The van der Waals surface area contributed by atoms with Crippen LogP contribution in [0.25, 0.3) is 23.0 Å². The molecule has 4 aromatic rings. The molecule has 0 spiro atoms. The average molecular weight is 495 g/mol. The Balaban J connectivity index is 1.30. The Hall–Kier alpha value is -4.43. The molecule has 1 aliphatic heterocycles. The van der Waals surface area contributed by atoms with Crippen LogP contribution in [0.4, 0.5) is 4.79 Å². The second kappa shape index (κ2) is 10.5. The van der Waals surface area contributed by atoms with Gasteiger partial charge in [0, 0.05) is 24.8 Å². The first-order valence-corrected chi connectivity index (χ1v) is 12.2. The van der Waals surface area contributed by atoms with E-state index in [9.17, 15) is 14.4 Å². The van der Waals surface area contributed by atoms with Crippen LogP contribution in [0.15, 0.2) is 102 Å². The summed E-state index contributed by atoms with van der Waals surface area (Å²) in [6, 6.07) is 28.4. The first-order chi connectivity index (χ1) is 17.6. The highest BCUT2D eigenvalue weighted by atomic mass is 32.2. The molecule has 0 atom stereocenters. The van der Waals surface area contributed by atoms with Gasteiger partial charge >= 0.3 is 0 Å². The highest BCUT2D eigenvalue weighted by Gasteiger charge is 2.34. The molecule has 0 saturated carbocycles. The number of thioether (sulfide) groups is 1. The number of rotatable bonds is 7. The molecule has 2 heterocycles. The maximum Gasteiger partial charge on any atom is 0.293 e. The monoisotopic (exact) mass is 494 g/mol. The van der Waals surface area contributed by atoms with Crippen LogP contribution in [0, 0.1) is 0 Å². The molecule has 1 aliphatic rings. The quantitative estimate of drug-likeness (QED) is 0.365. The summed E-state index contributed by atoms with van der Waals surface area (Å²) in [5.41, 5.74) is 3.45. The maximum absolute atomic E-state index is 13.2. The molecule has 1 aromatic heterocycles. The predicted octanol–water partition coefficient (Wildman–Crippen LogP) is 5.01. The van der Waals surface area contributed by atoms with Gasteiger partial charge in [0.2, 0.25) is 0 Å². The summed E-state index contributed by atoms with van der Waals surface area (Å²) in [7, 11) is 0. The first-order valence-electron chi connectivity index (χ1n) is 11.4. The molecule has 7 nitrogen and oxygen atoms in total. The minimum Gasteiger partial charge on any atom is -0.350 e. The summed E-state index contributed by atoms with van der Waals surface area (Å²) in [5.74, 6) is -0.687. The summed E-state index contributed by atoms with van der Waals surface area (Å²) in [6.45, 7) is 0.205. The van der Waals surface area contributed by atoms with Crippen LogP contribution in [0.1, 0.15) is 15.9 Å². The Morgan fingerprint density at radius 3 is 2.22 bits per heavy atom. The Bertz CT molecular complexity index is 1430. The van der Waals surface area contributed by atoms with Gasteiger partial charge < -0.3 is 5.32 Å². The van der Waals surface area contributed by atoms with Gasteiger partial charge in [-0.25, -0.2) is 4.68 Å². The van der Waals surface area contributed by atoms with Crippen LogP contribution in [-0.2, 0) is 4.79 Å². The minimum absolute atomic E-state index is 0.0794. The Kier molecular flexibility index (Phi) is 6.77. The van der Waals surface area contributed by atoms with E-state index in [1.807, 2.05) is 91.0 Å². The number of hydrogen-bond donors (Lipinski definition) is 1. The number of aromatic nitrogens is 2. The smallest absolute Gasteiger partial charge is 0.293 e. The fraction of sp³-hybridized carbons (Fsp3) is 0.0714. The number of nitrogens with one attached hydrogen (secondary N) is 1. The van der Waals surface area contributed by atoms with E-state index >= 15 is 0 Å².